The Morgan fingerprint density at radius 2 is 2.00 bits per heavy atom. The van der Waals surface area contributed by atoms with E-state index in [4.69, 9.17) is 23.2 Å². The Kier molecular flexibility index (Phi) is 4.16. The molecule has 0 aliphatic rings. The molecule has 0 saturated heterocycles. The largest absolute Gasteiger partial charge is 0.321 e. The molecule has 18 heavy (non-hydrogen) atoms. The minimum absolute atomic E-state index is 0.296. The van der Waals surface area contributed by atoms with Crippen LogP contribution in [0.5, 0.6) is 0 Å². The van der Waals surface area contributed by atoms with Gasteiger partial charge in [-0.1, -0.05) is 23.2 Å². The first-order valence-electron chi connectivity index (χ1n) is 4.80. The number of pyridine rings is 2. The lowest BCUT2D eigenvalue weighted by atomic mass is 10.2. The SMILES string of the molecule is O=C(Nc1cnc(Cl)c(Br)c1)c1ccc(Cl)nc1. The third-order valence-corrected chi connectivity index (χ3v) is 3.40. The molecule has 4 nitrogen and oxygen atoms in total. The standard InChI is InChI=1S/C11H6BrCl2N3O/c12-8-3-7(5-16-10(8)14)17-11(18)6-1-2-9(13)15-4-6/h1-5H,(H,17,18). The van der Waals surface area contributed by atoms with E-state index in [-0.39, 0.29) is 5.91 Å². The third kappa shape index (κ3) is 3.19. The van der Waals surface area contributed by atoms with Gasteiger partial charge >= 0.3 is 0 Å². The topological polar surface area (TPSA) is 54.9 Å². The summed E-state index contributed by atoms with van der Waals surface area (Å²) in [4.78, 5) is 19.6. The first-order valence-corrected chi connectivity index (χ1v) is 6.35. The highest BCUT2D eigenvalue weighted by atomic mass is 79.9. The average molecular weight is 347 g/mol. The Morgan fingerprint density at radius 3 is 2.61 bits per heavy atom. The molecule has 1 amide bonds. The molecule has 0 atom stereocenters. The van der Waals surface area contributed by atoms with Gasteiger partial charge in [0, 0.05) is 6.20 Å². The Hall–Kier alpha value is -1.17. The van der Waals surface area contributed by atoms with E-state index in [1.54, 1.807) is 18.2 Å². The Morgan fingerprint density at radius 1 is 1.22 bits per heavy atom. The Balaban J connectivity index is 2.16. The maximum atomic E-state index is 11.9. The number of carbonyl (C=O) groups excluding carboxylic acids is 1. The van der Waals surface area contributed by atoms with E-state index in [1.165, 1.54) is 12.4 Å². The van der Waals surface area contributed by atoms with Crippen LogP contribution in [-0.4, -0.2) is 15.9 Å². The van der Waals surface area contributed by atoms with Crippen molar-refractivity contribution in [1.82, 2.24) is 9.97 Å². The summed E-state index contributed by atoms with van der Waals surface area (Å²) in [5.74, 6) is -0.296. The van der Waals surface area contributed by atoms with Crippen molar-refractivity contribution in [2.75, 3.05) is 5.32 Å². The van der Waals surface area contributed by atoms with Crippen molar-refractivity contribution >= 4 is 50.7 Å². The molecule has 0 bridgehead atoms. The summed E-state index contributed by atoms with van der Waals surface area (Å²) < 4.78 is 0.608. The van der Waals surface area contributed by atoms with Gasteiger partial charge in [0.05, 0.1) is 21.9 Å². The molecule has 0 aliphatic heterocycles. The van der Waals surface area contributed by atoms with Crippen LogP contribution in [0.3, 0.4) is 0 Å². The van der Waals surface area contributed by atoms with E-state index in [2.05, 4.69) is 31.2 Å². The van der Waals surface area contributed by atoms with Gasteiger partial charge in [-0.05, 0) is 34.1 Å². The van der Waals surface area contributed by atoms with Gasteiger partial charge in [-0.15, -0.1) is 0 Å². The maximum Gasteiger partial charge on any atom is 0.257 e. The zero-order chi connectivity index (χ0) is 13.1. The second kappa shape index (κ2) is 5.65. The molecular formula is C11H6BrCl2N3O. The van der Waals surface area contributed by atoms with Gasteiger partial charge < -0.3 is 5.32 Å². The first kappa shape index (κ1) is 13.3. The Bertz CT molecular complexity index is 589. The number of anilines is 1. The molecular weight excluding hydrogens is 341 g/mol. The van der Waals surface area contributed by atoms with E-state index >= 15 is 0 Å². The minimum Gasteiger partial charge on any atom is -0.321 e. The van der Waals surface area contributed by atoms with Crippen LogP contribution in [-0.2, 0) is 0 Å². The number of halogens is 3. The first-order chi connectivity index (χ1) is 8.56. The van der Waals surface area contributed by atoms with Crippen LogP contribution in [0.15, 0.2) is 35.1 Å². The molecule has 7 heteroatoms. The van der Waals surface area contributed by atoms with Gasteiger partial charge in [-0.3, -0.25) is 4.79 Å². The highest BCUT2D eigenvalue weighted by Crippen LogP contribution is 2.23. The fourth-order valence-corrected chi connectivity index (χ4v) is 1.77. The highest BCUT2D eigenvalue weighted by molar-refractivity contribution is 9.10. The minimum atomic E-state index is -0.296. The van der Waals surface area contributed by atoms with Gasteiger partial charge in [-0.2, -0.15) is 0 Å². The van der Waals surface area contributed by atoms with Crippen molar-refractivity contribution < 1.29 is 4.79 Å². The predicted octanol–water partition coefficient (Wildman–Crippen LogP) is 3.80. The molecule has 0 spiro atoms. The molecule has 0 fully saturated rings. The number of hydrogen-bond donors (Lipinski definition) is 1. The maximum absolute atomic E-state index is 11.9. The molecule has 1 N–H and O–H groups in total. The predicted molar refractivity (Wildman–Crippen MR) is 74.1 cm³/mol. The fraction of sp³-hybridized carbons (Fsp3) is 0. The summed E-state index contributed by atoms with van der Waals surface area (Å²) in [6.45, 7) is 0. The van der Waals surface area contributed by atoms with Gasteiger partial charge in [0.2, 0.25) is 0 Å². The van der Waals surface area contributed by atoms with Crippen LogP contribution in [0.25, 0.3) is 0 Å². The monoisotopic (exact) mass is 345 g/mol. The number of nitrogens with one attached hydrogen (secondary N) is 1. The number of hydrogen-bond acceptors (Lipinski definition) is 3. The number of nitrogens with zero attached hydrogens (tertiary/aromatic N) is 2. The van der Waals surface area contributed by atoms with Crippen LogP contribution in [0.1, 0.15) is 10.4 Å². The molecule has 0 saturated carbocycles. The van der Waals surface area contributed by atoms with Gasteiger partial charge in [0.15, 0.2) is 0 Å². The zero-order valence-corrected chi connectivity index (χ0v) is 11.9. The molecule has 0 aromatic carbocycles. The number of rotatable bonds is 2. The van der Waals surface area contributed by atoms with Crippen molar-refractivity contribution in [2.45, 2.75) is 0 Å². The van der Waals surface area contributed by atoms with E-state index in [9.17, 15) is 4.79 Å². The highest BCUT2D eigenvalue weighted by Gasteiger charge is 2.08. The molecule has 0 radical (unpaired) electrons. The molecule has 2 aromatic rings. The van der Waals surface area contributed by atoms with Crippen molar-refractivity contribution in [3.63, 3.8) is 0 Å². The fourth-order valence-electron chi connectivity index (χ4n) is 1.20. The lowest BCUT2D eigenvalue weighted by molar-refractivity contribution is 0.102. The van der Waals surface area contributed by atoms with Crippen LogP contribution < -0.4 is 5.32 Å². The Labute approximate surface area is 121 Å². The van der Waals surface area contributed by atoms with Crippen LogP contribution in [0, 0.1) is 0 Å². The van der Waals surface area contributed by atoms with Crippen molar-refractivity contribution in [3.05, 3.63) is 50.9 Å². The van der Waals surface area contributed by atoms with E-state index in [1.807, 2.05) is 0 Å². The molecule has 0 aliphatic carbocycles. The summed E-state index contributed by atoms with van der Waals surface area (Å²) in [7, 11) is 0. The second-order valence-corrected chi connectivity index (χ2v) is 4.92. The van der Waals surface area contributed by atoms with E-state index in [0.717, 1.165) is 0 Å². The van der Waals surface area contributed by atoms with Gasteiger partial charge in [0.1, 0.15) is 10.3 Å². The lowest BCUT2D eigenvalue weighted by Crippen LogP contribution is -2.12. The van der Waals surface area contributed by atoms with Crippen molar-refractivity contribution in [3.8, 4) is 0 Å². The quantitative estimate of drug-likeness (QED) is 0.841. The number of amides is 1. The summed E-state index contributed by atoms with van der Waals surface area (Å²) in [6, 6.07) is 4.80. The summed E-state index contributed by atoms with van der Waals surface area (Å²) in [5, 5.41) is 3.34. The number of carbonyl (C=O) groups is 1. The zero-order valence-electron chi connectivity index (χ0n) is 8.82. The molecule has 0 unspecified atom stereocenters. The smallest absolute Gasteiger partial charge is 0.257 e. The van der Waals surface area contributed by atoms with Crippen LogP contribution in [0.4, 0.5) is 5.69 Å². The summed E-state index contributed by atoms with van der Waals surface area (Å²) >= 11 is 14.6. The molecule has 2 heterocycles. The van der Waals surface area contributed by atoms with Gasteiger partial charge in [0.25, 0.3) is 5.91 Å². The molecule has 2 aromatic heterocycles. The lowest BCUT2D eigenvalue weighted by Gasteiger charge is -2.05. The summed E-state index contributed by atoms with van der Waals surface area (Å²) in [6.07, 6.45) is 2.87. The molecule has 92 valence electrons. The number of aromatic nitrogens is 2. The van der Waals surface area contributed by atoms with Gasteiger partial charge in [-0.25, -0.2) is 9.97 Å². The normalized spacial score (nSPS) is 10.2. The van der Waals surface area contributed by atoms with Crippen molar-refractivity contribution in [1.29, 1.82) is 0 Å². The molecule has 2 rings (SSSR count). The van der Waals surface area contributed by atoms with E-state index in [0.29, 0.717) is 26.0 Å². The average Bonchev–Trinajstić information content (AvgIpc) is 2.34. The van der Waals surface area contributed by atoms with Crippen LogP contribution >= 0.6 is 39.1 Å². The third-order valence-electron chi connectivity index (χ3n) is 2.04. The van der Waals surface area contributed by atoms with Crippen molar-refractivity contribution in [2.24, 2.45) is 0 Å². The van der Waals surface area contributed by atoms with Crippen LogP contribution in [0.2, 0.25) is 10.3 Å². The van der Waals surface area contributed by atoms with E-state index < -0.39 is 0 Å². The summed E-state index contributed by atoms with van der Waals surface area (Å²) in [5.41, 5.74) is 0.941. The second-order valence-electron chi connectivity index (χ2n) is 3.32.